The predicted molar refractivity (Wildman–Crippen MR) is 49.5 cm³/mol. The molecule has 1 nitrogen and oxygen atoms in total. The summed E-state index contributed by atoms with van der Waals surface area (Å²) in [5.74, 6) is 0. The molecule has 0 aliphatic rings. The first-order valence-corrected chi connectivity index (χ1v) is 4.23. The maximum absolute atomic E-state index is 9.52. The van der Waals surface area contributed by atoms with Crippen LogP contribution in [0.2, 0.25) is 0 Å². The zero-order valence-corrected chi connectivity index (χ0v) is 7.67. The van der Waals surface area contributed by atoms with Crippen molar-refractivity contribution in [1.82, 2.24) is 0 Å². The van der Waals surface area contributed by atoms with Gasteiger partial charge in [-0.05, 0) is 25.8 Å². The summed E-state index contributed by atoms with van der Waals surface area (Å²) in [7, 11) is 0. The van der Waals surface area contributed by atoms with E-state index in [0.717, 1.165) is 18.4 Å². The van der Waals surface area contributed by atoms with Crippen molar-refractivity contribution in [2.24, 2.45) is 0 Å². The molecule has 0 saturated heterocycles. The SMILES string of the molecule is C/C=C\C(=C/C)C(O)CCC. The van der Waals surface area contributed by atoms with Crippen molar-refractivity contribution < 1.29 is 5.11 Å². The highest BCUT2D eigenvalue weighted by Gasteiger charge is 2.04. The van der Waals surface area contributed by atoms with Crippen LogP contribution in [-0.2, 0) is 0 Å². The molecule has 0 radical (unpaired) electrons. The molecule has 0 spiro atoms. The van der Waals surface area contributed by atoms with Gasteiger partial charge >= 0.3 is 0 Å². The maximum Gasteiger partial charge on any atom is 0.0786 e. The molecule has 0 aromatic heterocycles. The average molecular weight is 154 g/mol. The molecule has 0 heterocycles. The Morgan fingerprint density at radius 2 is 2.09 bits per heavy atom. The van der Waals surface area contributed by atoms with Gasteiger partial charge in [-0.25, -0.2) is 0 Å². The lowest BCUT2D eigenvalue weighted by Gasteiger charge is -2.09. The number of hydrogen-bond acceptors (Lipinski definition) is 1. The fourth-order valence-corrected chi connectivity index (χ4v) is 1.03. The zero-order chi connectivity index (χ0) is 8.69. The molecule has 0 rings (SSSR count). The maximum atomic E-state index is 9.52. The highest BCUT2D eigenvalue weighted by Crippen LogP contribution is 2.09. The van der Waals surface area contributed by atoms with E-state index in [1.165, 1.54) is 0 Å². The monoisotopic (exact) mass is 154 g/mol. The second kappa shape index (κ2) is 6.17. The van der Waals surface area contributed by atoms with E-state index < -0.39 is 0 Å². The minimum atomic E-state index is -0.277. The second-order valence-electron chi connectivity index (χ2n) is 2.59. The topological polar surface area (TPSA) is 20.2 Å². The standard InChI is InChI=1S/C10H18O/c1-4-7-9(6-3)10(11)8-5-2/h4,6-7,10-11H,5,8H2,1-3H3/b7-4-,9-6+. The van der Waals surface area contributed by atoms with Crippen molar-refractivity contribution in [2.75, 3.05) is 0 Å². The molecule has 1 heteroatoms. The largest absolute Gasteiger partial charge is 0.388 e. The molecule has 0 saturated carbocycles. The number of allylic oxidation sites excluding steroid dienone is 2. The lowest BCUT2D eigenvalue weighted by atomic mass is 10.1. The van der Waals surface area contributed by atoms with Gasteiger partial charge in [0.15, 0.2) is 0 Å². The number of rotatable bonds is 4. The van der Waals surface area contributed by atoms with E-state index >= 15 is 0 Å². The van der Waals surface area contributed by atoms with Gasteiger partial charge in [0.2, 0.25) is 0 Å². The number of hydrogen-bond donors (Lipinski definition) is 1. The summed E-state index contributed by atoms with van der Waals surface area (Å²) >= 11 is 0. The number of aliphatic hydroxyl groups is 1. The summed E-state index contributed by atoms with van der Waals surface area (Å²) in [6.45, 7) is 5.99. The lowest BCUT2D eigenvalue weighted by molar-refractivity contribution is 0.203. The van der Waals surface area contributed by atoms with Crippen LogP contribution in [0.5, 0.6) is 0 Å². The highest BCUT2D eigenvalue weighted by atomic mass is 16.3. The molecule has 0 aromatic rings. The molecule has 1 atom stereocenters. The van der Waals surface area contributed by atoms with Gasteiger partial charge < -0.3 is 5.11 Å². The summed E-state index contributed by atoms with van der Waals surface area (Å²) in [4.78, 5) is 0. The Kier molecular flexibility index (Phi) is 5.86. The van der Waals surface area contributed by atoms with Crippen molar-refractivity contribution in [3.8, 4) is 0 Å². The van der Waals surface area contributed by atoms with Crippen LogP contribution in [0.25, 0.3) is 0 Å². The predicted octanol–water partition coefficient (Wildman–Crippen LogP) is 2.67. The Labute approximate surface area is 69.4 Å². The summed E-state index contributed by atoms with van der Waals surface area (Å²) in [6, 6.07) is 0. The van der Waals surface area contributed by atoms with Crippen LogP contribution >= 0.6 is 0 Å². The van der Waals surface area contributed by atoms with Crippen LogP contribution in [0.15, 0.2) is 23.8 Å². The summed E-state index contributed by atoms with van der Waals surface area (Å²) in [6.07, 6.45) is 7.47. The van der Waals surface area contributed by atoms with Crippen LogP contribution in [0, 0.1) is 0 Å². The highest BCUT2D eigenvalue weighted by molar-refractivity contribution is 5.21. The molecule has 0 fully saturated rings. The van der Waals surface area contributed by atoms with Crippen molar-refractivity contribution in [3.05, 3.63) is 23.8 Å². The van der Waals surface area contributed by atoms with Crippen molar-refractivity contribution in [1.29, 1.82) is 0 Å². The van der Waals surface area contributed by atoms with E-state index in [1.807, 2.05) is 32.1 Å². The fraction of sp³-hybridized carbons (Fsp3) is 0.600. The van der Waals surface area contributed by atoms with E-state index in [9.17, 15) is 5.11 Å². The minimum absolute atomic E-state index is 0.277. The zero-order valence-electron chi connectivity index (χ0n) is 7.67. The normalized spacial score (nSPS) is 15.8. The third kappa shape index (κ3) is 3.99. The van der Waals surface area contributed by atoms with Gasteiger partial charge in [0.25, 0.3) is 0 Å². The summed E-state index contributed by atoms with van der Waals surface area (Å²) in [5.41, 5.74) is 1.02. The molecule has 64 valence electrons. The van der Waals surface area contributed by atoms with Crippen LogP contribution < -0.4 is 0 Å². The molecule has 0 aliphatic carbocycles. The Hall–Kier alpha value is -0.560. The minimum Gasteiger partial charge on any atom is -0.388 e. The summed E-state index contributed by atoms with van der Waals surface area (Å²) < 4.78 is 0. The van der Waals surface area contributed by atoms with Crippen molar-refractivity contribution in [3.63, 3.8) is 0 Å². The molecule has 0 aliphatic heterocycles. The molecule has 1 unspecified atom stereocenters. The van der Waals surface area contributed by atoms with Gasteiger partial charge in [-0.15, -0.1) is 0 Å². The van der Waals surface area contributed by atoms with Crippen LogP contribution in [-0.4, -0.2) is 11.2 Å². The first kappa shape index (κ1) is 10.4. The van der Waals surface area contributed by atoms with Gasteiger partial charge in [0.1, 0.15) is 0 Å². The van der Waals surface area contributed by atoms with E-state index in [1.54, 1.807) is 0 Å². The van der Waals surface area contributed by atoms with Crippen molar-refractivity contribution in [2.45, 2.75) is 39.7 Å². The van der Waals surface area contributed by atoms with Gasteiger partial charge in [0.05, 0.1) is 6.10 Å². The quantitative estimate of drug-likeness (QED) is 0.617. The van der Waals surface area contributed by atoms with E-state index in [2.05, 4.69) is 6.92 Å². The third-order valence-electron chi connectivity index (χ3n) is 1.64. The second-order valence-corrected chi connectivity index (χ2v) is 2.59. The lowest BCUT2D eigenvalue weighted by Crippen LogP contribution is -2.07. The van der Waals surface area contributed by atoms with E-state index in [-0.39, 0.29) is 6.10 Å². The first-order valence-electron chi connectivity index (χ1n) is 4.23. The molecule has 0 aromatic carbocycles. The van der Waals surface area contributed by atoms with Gasteiger partial charge in [-0.1, -0.05) is 31.6 Å². The Balaban J connectivity index is 4.04. The third-order valence-corrected chi connectivity index (χ3v) is 1.64. The van der Waals surface area contributed by atoms with E-state index in [0.29, 0.717) is 0 Å². The first-order chi connectivity index (χ1) is 5.26. The molecular weight excluding hydrogens is 136 g/mol. The van der Waals surface area contributed by atoms with Gasteiger partial charge in [0, 0.05) is 0 Å². The van der Waals surface area contributed by atoms with E-state index in [4.69, 9.17) is 0 Å². The smallest absolute Gasteiger partial charge is 0.0786 e. The van der Waals surface area contributed by atoms with Crippen LogP contribution in [0.3, 0.4) is 0 Å². The molecular formula is C10H18O. The fourth-order valence-electron chi connectivity index (χ4n) is 1.03. The molecule has 11 heavy (non-hydrogen) atoms. The Morgan fingerprint density at radius 3 is 2.45 bits per heavy atom. The van der Waals surface area contributed by atoms with Gasteiger partial charge in [-0.2, -0.15) is 0 Å². The molecule has 0 bridgehead atoms. The number of aliphatic hydroxyl groups excluding tert-OH is 1. The summed E-state index contributed by atoms with van der Waals surface area (Å²) in [5, 5.41) is 9.52. The van der Waals surface area contributed by atoms with Crippen LogP contribution in [0.4, 0.5) is 0 Å². The Bertz CT molecular complexity index is 145. The molecule has 1 N–H and O–H groups in total. The Morgan fingerprint density at radius 1 is 1.45 bits per heavy atom. The van der Waals surface area contributed by atoms with Crippen molar-refractivity contribution >= 4 is 0 Å². The molecule has 0 amide bonds. The van der Waals surface area contributed by atoms with Crippen LogP contribution in [0.1, 0.15) is 33.6 Å². The average Bonchev–Trinajstić information content (AvgIpc) is 2.00. The van der Waals surface area contributed by atoms with Gasteiger partial charge in [-0.3, -0.25) is 0 Å².